The number of imide groups is 1. The summed E-state index contributed by atoms with van der Waals surface area (Å²) in [5.41, 5.74) is 0.987. The lowest BCUT2D eigenvalue weighted by molar-refractivity contribution is -0.143. The van der Waals surface area contributed by atoms with Crippen molar-refractivity contribution in [2.75, 3.05) is 32.7 Å². The Morgan fingerprint density at radius 2 is 1.94 bits per heavy atom. The average Bonchev–Trinajstić information content (AvgIpc) is 3.06. The second kappa shape index (κ2) is 11.4. The standard InChI is InChI=1S/C22H18BrClN2O7S/c1-31-16-8-12(9-17-21(29)26(22(30)34-17)10-19(28)32-2)7-13(23)20(16)33-11-18(27)25-15-6-4-3-5-14(15)24/h3-9H,10-11H2,1-2H3,(H,25,27)/b17-9-. The lowest BCUT2D eigenvalue weighted by Gasteiger charge is -2.14. The topological polar surface area (TPSA) is 111 Å². The van der Waals surface area contributed by atoms with Crippen LogP contribution in [0.15, 0.2) is 45.8 Å². The van der Waals surface area contributed by atoms with Gasteiger partial charge in [0.05, 0.1) is 34.3 Å². The maximum absolute atomic E-state index is 12.5. The number of rotatable bonds is 8. The Hall–Kier alpha value is -3.02. The van der Waals surface area contributed by atoms with E-state index < -0.39 is 29.6 Å². The monoisotopic (exact) mass is 568 g/mol. The first kappa shape index (κ1) is 25.6. The third kappa shape index (κ3) is 6.10. The van der Waals surface area contributed by atoms with Gasteiger partial charge >= 0.3 is 5.97 Å². The zero-order chi connectivity index (χ0) is 24.8. The molecule has 34 heavy (non-hydrogen) atoms. The third-order valence-electron chi connectivity index (χ3n) is 4.43. The van der Waals surface area contributed by atoms with Crippen molar-refractivity contribution in [1.29, 1.82) is 0 Å². The fourth-order valence-electron chi connectivity index (χ4n) is 2.83. The summed E-state index contributed by atoms with van der Waals surface area (Å²) in [6.45, 7) is -0.777. The van der Waals surface area contributed by atoms with Crippen LogP contribution in [0.1, 0.15) is 5.56 Å². The number of para-hydroxylation sites is 1. The molecule has 9 nitrogen and oxygen atoms in total. The van der Waals surface area contributed by atoms with Gasteiger partial charge in [-0.25, -0.2) is 0 Å². The molecule has 0 atom stereocenters. The minimum atomic E-state index is -0.701. The number of halogens is 2. The van der Waals surface area contributed by atoms with Gasteiger partial charge in [0.2, 0.25) is 0 Å². The van der Waals surface area contributed by atoms with Gasteiger partial charge < -0.3 is 19.5 Å². The molecule has 0 saturated carbocycles. The minimum Gasteiger partial charge on any atom is -0.493 e. The molecule has 1 saturated heterocycles. The summed E-state index contributed by atoms with van der Waals surface area (Å²) in [6, 6.07) is 10.0. The van der Waals surface area contributed by atoms with Crippen molar-refractivity contribution in [3.8, 4) is 11.5 Å². The summed E-state index contributed by atoms with van der Waals surface area (Å²) in [6.07, 6.45) is 1.49. The highest BCUT2D eigenvalue weighted by molar-refractivity contribution is 9.10. The molecule has 1 heterocycles. The molecule has 3 rings (SSSR count). The van der Waals surface area contributed by atoms with E-state index in [1.54, 1.807) is 36.4 Å². The molecule has 2 aromatic rings. The van der Waals surface area contributed by atoms with Crippen LogP contribution >= 0.6 is 39.3 Å². The Balaban J connectivity index is 1.74. The molecule has 0 unspecified atom stereocenters. The number of nitrogens with zero attached hydrogens (tertiary/aromatic N) is 1. The molecule has 3 amide bonds. The summed E-state index contributed by atoms with van der Waals surface area (Å²) in [7, 11) is 2.59. The zero-order valence-electron chi connectivity index (χ0n) is 17.9. The average molecular weight is 570 g/mol. The number of methoxy groups -OCH3 is 2. The quantitative estimate of drug-likeness (QED) is 0.369. The second-order valence-electron chi connectivity index (χ2n) is 6.69. The van der Waals surface area contributed by atoms with Crippen LogP contribution in [0.2, 0.25) is 5.02 Å². The number of amides is 3. The van der Waals surface area contributed by atoms with Crippen LogP contribution in [0.4, 0.5) is 10.5 Å². The number of hydrogen-bond donors (Lipinski definition) is 1. The van der Waals surface area contributed by atoms with Gasteiger partial charge in [-0.3, -0.25) is 24.1 Å². The first-order valence-electron chi connectivity index (χ1n) is 9.60. The van der Waals surface area contributed by atoms with Crippen LogP contribution < -0.4 is 14.8 Å². The van der Waals surface area contributed by atoms with Crippen LogP contribution in [0, 0.1) is 0 Å². The predicted octanol–water partition coefficient (Wildman–Crippen LogP) is 4.34. The number of anilines is 1. The van der Waals surface area contributed by atoms with Crippen LogP contribution in [0.3, 0.4) is 0 Å². The smallest absolute Gasteiger partial charge is 0.325 e. The first-order chi connectivity index (χ1) is 16.2. The molecule has 1 N–H and O–H groups in total. The van der Waals surface area contributed by atoms with Crippen molar-refractivity contribution in [2.45, 2.75) is 0 Å². The van der Waals surface area contributed by atoms with Gasteiger partial charge in [-0.15, -0.1) is 0 Å². The molecule has 1 aliphatic rings. The number of nitrogens with one attached hydrogen (secondary N) is 1. The van der Waals surface area contributed by atoms with E-state index in [4.69, 9.17) is 21.1 Å². The largest absolute Gasteiger partial charge is 0.493 e. The van der Waals surface area contributed by atoms with E-state index in [1.807, 2.05) is 0 Å². The molecule has 1 aliphatic heterocycles. The summed E-state index contributed by atoms with van der Waals surface area (Å²) >= 11 is 10.1. The zero-order valence-corrected chi connectivity index (χ0v) is 21.1. The number of carbonyl (C=O) groups is 4. The fourth-order valence-corrected chi connectivity index (χ4v) is 4.43. The Morgan fingerprint density at radius 1 is 1.21 bits per heavy atom. The Morgan fingerprint density at radius 3 is 2.62 bits per heavy atom. The molecular weight excluding hydrogens is 552 g/mol. The molecule has 0 aromatic heterocycles. The molecule has 2 aromatic carbocycles. The summed E-state index contributed by atoms with van der Waals surface area (Å²) in [4.78, 5) is 49.3. The summed E-state index contributed by atoms with van der Waals surface area (Å²) < 4.78 is 16.0. The van der Waals surface area contributed by atoms with E-state index in [0.717, 1.165) is 4.90 Å². The number of carbonyl (C=O) groups excluding carboxylic acids is 4. The van der Waals surface area contributed by atoms with Gasteiger partial charge in [0.1, 0.15) is 6.54 Å². The van der Waals surface area contributed by atoms with Crippen molar-refractivity contribution in [2.24, 2.45) is 0 Å². The molecule has 0 bridgehead atoms. The SMILES string of the molecule is COC(=O)CN1C(=O)S/C(=C\c2cc(Br)c(OCC(=O)Nc3ccccc3Cl)c(OC)c2)C1=O. The Kier molecular flexibility index (Phi) is 8.59. The van der Waals surface area contributed by atoms with Gasteiger partial charge in [0.25, 0.3) is 17.1 Å². The van der Waals surface area contributed by atoms with E-state index in [-0.39, 0.29) is 17.3 Å². The first-order valence-corrected chi connectivity index (χ1v) is 11.6. The normalized spacial score (nSPS) is 14.4. The van der Waals surface area contributed by atoms with Gasteiger partial charge in [0, 0.05) is 0 Å². The fraction of sp³-hybridized carbons (Fsp3) is 0.182. The van der Waals surface area contributed by atoms with Gasteiger partial charge in [-0.1, -0.05) is 23.7 Å². The maximum Gasteiger partial charge on any atom is 0.325 e. The molecular formula is C22H18BrClN2O7S. The Labute approximate surface area is 212 Å². The number of ether oxygens (including phenoxy) is 3. The highest BCUT2D eigenvalue weighted by Crippen LogP contribution is 2.39. The lowest BCUT2D eigenvalue weighted by Crippen LogP contribution is -2.34. The molecule has 1 fully saturated rings. The summed E-state index contributed by atoms with van der Waals surface area (Å²) in [5.74, 6) is -1.17. The highest BCUT2D eigenvalue weighted by atomic mass is 79.9. The van der Waals surface area contributed by atoms with Crippen molar-refractivity contribution in [3.63, 3.8) is 0 Å². The van der Waals surface area contributed by atoms with E-state index in [0.29, 0.717) is 38.3 Å². The van der Waals surface area contributed by atoms with Gasteiger partial charge in [0.15, 0.2) is 18.1 Å². The van der Waals surface area contributed by atoms with Crippen LogP contribution in [0.5, 0.6) is 11.5 Å². The number of hydrogen-bond acceptors (Lipinski definition) is 8. The Bertz CT molecular complexity index is 1190. The molecule has 178 valence electrons. The molecule has 0 spiro atoms. The van der Waals surface area contributed by atoms with E-state index in [9.17, 15) is 19.2 Å². The minimum absolute atomic E-state index is 0.135. The number of thioether (sulfide) groups is 1. The second-order valence-corrected chi connectivity index (χ2v) is 8.95. The van der Waals surface area contributed by atoms with Crippen molar-refractivity contribution < 1.29 is 33.4 Å². The maximum atomic E-state index is 12.5. The number of benzene rings is 2. The van der Waals surface area contributed by atoms with Crippen LogP contribution in [0.25, 0.3) is 6.08 Å². The molecule has 0 radical (unpaired) electrons. The predicted molar refractivity (Wildman–Crippen MR) is 131 cm³/mol. The lowest BCUT2D eigenvalue weighted by atomic mass is 10.2. The van der Waals surface area contributed by atoms with Crippen LogP contribution in [-0.2, 0) is 19.1 Å². The van der Waals surface area contributed by atoms with Crippen molar-refractivity contribution in [3.05, 3.63) is 56.4 Å². The van der Waals surface area contributed by atoms with Crippen LogP contribution in [-0.4, -0.2) is 55.3 Å². The molecule has 0 aliphatic carbocycles. The van der Waals surface area contributed by atoms with E-state index >= 15 is 0 Å². The van der Waals surface area contributed by atoms with Crippen molar-refractivity contribution in [1.82, 2.24) is 4.90 Å². The van der Waals surface area contributed by atoms with E-state index in [2.05, 4.69) is 26.0 Å². The van der Waals surface area contributed by atoms with Gasteiger partial charge in [-0.2, -0.15) is 0 Å². The molecule has 12 heteroatoms. The van der Waals surface area contributed by atoms with Gasteiger partial charge in [-0.05, 0) is 63.6 Å². The van der Waals surface area contributed by atoms with E-state index in [1.165, 1.54) is 20.3 Å². The summed E-state index contributed by atoms with van der Waals surface area (Å²) in [5, 5.41) is 2.48. The van der Waals surface area contributed by atoms with Crippen molar-refractivity contribution >= 4 is 74.1 Å². The highest BCUT2D eigenvalue weighted by Gasteiger charge is 2.36. The third-order valence-corrected chi connectivity index (χ3v) is 6.26. The number of esters is 1.